The molecular formula is C24H31F2N5O4. The van der Waals surface area contributed by atoms with E-state index in [-0.39, 0.29) is 5.56 Å². The van der Waals surface area contributed by atoms with E-state index in [1.54, 1.807) is 12.3 Å². The van der Waals surface area contributed by atoms with E-state index in [0.717, 1.165) is 26.0 Å². The molecule has 190 valence electrons. The summed E-state index contributed by atoms with van der Waals surface area (Å²) in [6.45, 7) is 11.7. The van der Waals surface area contributed by atoms with Crippen LogP contribution in [0.15, 0.2) is 54.8 Å². The smallest absolute Gasteiger partial charge is 0.268 e. The summed E-state index contributed by atoms with van der Waals surface area (Å²) in [5.41, 5.74) is 3.06. The van der Waals surface area contributed by atoms with E-state index in [9.17, 15) is 23.2 Å². The number of benzene rings is 1. The summed E-state index contributed by atoms with van der Waals surface area (Å²) < 4.78 is 27.4. The van der Waals surface area contributed by atoms with Gasteiger partial charge in [-0.3, -0.25) is 25.0 Å². The number of halogens is 2. The third kappa shape index (κ3) is 10.2. The van der Waals surface area contributed by atoms with Gasteiger partial charge >= 0.3 is 0 Å². The number of nitrogens with zero attached hydrogens (tertiary/aromatic N) is 1. The van der Waals surface area contributed by atoms with Crippen LogP contribution in [0.1, 0.15) is 50.0 Å². The van der Waals surface area contributed by atoms with E-state index in [4.69, 9.17) is 5.21 Å². The van der Waals surface area contributed by atoms with Crippen molar-refractivity contribution < 1.29 is 28.4 Å². The summed E-state index contributed by atoms with van der Waals surface area (Å²) in [7, 11) is 0. The summed E-state index contributed by atoms with van der Waals surface area (Å²) in [6.07, 6.45) is 0.709. The first-order valence-corrected chi connectivity index (χ1v) is 10.4. The Morgan fingerprint density at radius 2 is 1.80 bits per heavy atom. The van der Waals surface area contributed by atoms with E-state index in [1.807, 2.05) is 19.2 Å². The Morgan fingerprint density at radius 1 is 1.20 bits per heavy atom. The van der Waals surface area contributed by atoms with Gasteiger partial charge < -0.3 is 10.6 Å². The zero-order valence-electron chi connectivity index (χ0n) is 20.1. The molecule has 35 heavy (non-hydrogen) atoms. The standard InChI is InChI=1S/C22H27F2N5O4.C2H4/c1-5-14(2)28-25-13-7-6-8-16-9-11-17(12-10-16)19(31)26-18(20(32)29-33)22(4,21(23)24)27-15(3)30;1-2/h7,9-13,18,21,25,33H,5H2,1-4H3,(H,26,31)(H,27,30)(H,29,32);1-2H2/b13-7+,28-14+;. The fourth-order valence-electron chi connectivity index (χ4n) is 2.53. The SMILES string of the molecule is C=C.CC/C(C)=N/N/C=C/C#Cc1ccc(C(=O)NC(C(=O)NO)C(C)(NC(C)=O)C(F)F)cc1. The molecule has 1 aromatic rings. The maximum Gasteiger partial charge on any atom is 0.268 e. The molecule has 11 heteroatoms. The highest BCUT2D eigenvalue weighted by Gasteiger charge is 2.48. The number of carbonyl (C=O) groups excluding carboxylic acids is 3. The van der Waals surface area contributed by atoms with Crippen LogP contribution >= 0.6 is 0 Å². The monoisotopic (exact) mass is 491 g/mol. The lowest BCUT2D eigenvalue weighted by Gasteiger charge is -2.36. The molecule has 5 N–H and O–H groups in total. The molecule has 0 aliphatic carbocycles. The zero-order valence-corrected chi connectivity index (χ0v) is 20.1. The van der Waals surface area contributed by atoms with Crippen molar-refractivity contribution in [1.82, 2.24) is 21.5 Å². The number of amides is 3. The first-order valence-electron chi connectivity index (χ1n) is 10.4. The van der Waals surface area contributed by atoms with Crippen molar-refractivity contribution in [1.29, 1.82) is 0 Å². The highest BCUT2D eigenvalue weighted by Crippen LogP contribution is 2.21. The molecule has 1 rings (SSSR count). The quantitative estimate of drug-likeness (QED) is 0.119. The summed E-state index contributed by atoms with van der Waals surface area (Å²) in [5, 5.41) is 17.1. The van der Waals surface area contributed by atoms with Crippen LogP contribution in [0.25, 0.3) is 0 Å². The van der Waals surface area contributed by atoms with Crippen LogP contribution in [0.2, 0.25) is 0 Å². The van der Waals surface area contributed by atoms with Gasteiger partial charge in [0.15, 0.2) is 0 Å². The fourth-order valence-corrected chi connectivity index (χ4v) is 2.53. The second-order valence-corrected chi connectivity index (χ2v) is 7.16. The number of carbonyl (C=O) groups is 3. The van der Waals surface area contributed by atoms with Gasteiger partial charge in [0.1, 0.15) is 11.6 Å². The molecule has 1 aromatic carbocycles. The number of allylic oxidation sites excluding steroid dienone is 1. The minimum atomic E-state index is -3.24. The Hall–Kier alpha value is -4.04. The number of alkyl halides is 2. The Bertz CT molecular complexity index is 984. The van der Waals surface area contributed by atoms with Gasteiger partial charge in [0.25, 0.3) is 18.2 Å². The predicted octanol–water partition coefficient (Wildman–Crippen LogP) is 2.49. The molecule has 0 heterocycles. The van der Waals surface area contributed by atoms with Crippen LogP contribution in [0, 0.1) is 11.8 Å². The van der Waals surface area contributed by atoms with Gasteiger partial charge in [-0.2, -0.15) is 5.10 Å². The Morgan fingerprint density at radius 3 is 2.29 bits per heavy atom. The Kier molecular flexibility index (Phi) is 13.9. The van der Waals surface area contributed by atoms with E-state index in [0.29, 0.717) is 5.56 Å². The largest absolute Gasteiger partial charge is 0.343 e. The molecule has 0 spiro atoms. The average Bonchev–Trinajstić information content (AvgIpc) is 2.84. The lowest BCUT2D eigenvalue weighted by molar-refractivity contribution is -0.137. The molecule has 0 aliphatic rings. The second-order valence-electron chi connectivity index (χ2n) is 7.16. The minimum Gasteiger partial charge on any atom is -0.343 e. The first kappa shape index (κ1) is 31.0. The Balaban J connectivity index is 0.00000562. The molecule has 2 unspecified atom stereocenters. The molecule has 0 saturated heterocycles. The van der Waals surface area contributed by atoms with E-state index in [2.05, 4.69) is 40.8 Å². The second kappa shape index (κ2) is 15.7. The molecule has 0 bridgehead atoms. The summed E-state index contributed by atoms with van der Waals surface area (Å²) in [5.74, 6) is 2.59. The molecule has 0 radical (unpaired) electrons. The van der Waals surface area contributed by atoms with Crippen molar-refractivity contribution in [2.24, 2.45) is 5.10 Å². The molecule has 9 nitrogen and oxygen atoms in total. The number of hydroxylamine groups is 1. The van der Waals surface area contributed by atoms with Gasteiger partial charge in [-0.1, -0.05) is 18.8 Å². The summed E-state index contributed by atoms with van der Waals surface area (Å²) in [4.78, 5) is 36.0. The normalized spacial score (nSPS) is 13.3. The van der Waals surface area contributed by atoms with Gasteiger partial charge in [-0.25, -0.2) is 14.3 Å². The van der Waals surface area contributed by atoms with Crippen LogP contribution in [-0.4, -0.2) is 46.6 Å². The lowest BCUT2D eigenvalue weighted by Crippen LogP contribution is -2.68. The van der Waals surface area contributed by atoms with Crippen LogP contribution in [-0.2, 0) is 9.59 Å². The van der Waals surface area contributed by atoms with Gasteiger partial charge in [0.2, 0.25) is 5.91 Å². The van der Waals surface area contributed by atoms with Crippen molar-refractivity contribution in [3.8, 4) is 11.8 Å². The van der Waals surface area contributed by atoms with E-state index < -0.39 is 35.7 Å². The van der Waals surface area contributed by atoms with Crippen LogP contribution < -0.4 is 21.5 Å². The van der Waals surface area contributed by atoms with Gasteiger partial charge in [0, 0.05) is 36.0 Å². The first-order chi connectivity index (χ1) is 16.5. The number of hydrazone groups is 1. The van der Waals surface area contributed by atoms with Crippen LogP contribution in [0.3, 0.4) is 0 Å². The molecule has 2 atom stereocenters. The molecule has 0 aromatic heterocycles. The van der Waals surface area contributed by atoms with Crippen molar-refractivity contribution in [2.45, 2.75) is 52.1 Å². The molecule has 0 aliphatic heterocycles. The van der Waals surface area contributed by atoms with Crippen molar-refractivity contribution in [2.75, 3.05) is 0 Å². The van der Waals surface area contributed by atoms with Gasteiger partial charge in [-0.15, -0.1) is 13.2 Å². The minimum absolute atomic E-state index is 0.0531. The molecule has 0 saturated carbocycles. The third-order valence-corrected chi connectivity index (χ3v) is 4.52. The zero-order chi connectivity index (χ0) is 27.0. The van der Waals surface area contributed by atoms with Crippen molar-refractivity contribution >= 4 is 23.4 Å². The molecule has 0 fully saturated rings. The maximum atomic E-state index is 13.7. The predicted molar refractivity (Wildman–Crippen MR) is 130 cm³/mol. The van der Waals surface area contributed by atoms with Crippen molar-refractivity contribution in [3.05, 3.63) is 60.8 Å². The average molecular weight is 492 g/mol. The summed E-state index contributed by atoms with van der Waals surface area (Å²) in [6, 6.07) is 3.88. The topological polar surface area (TPSA) is 132 Å². The van der Waals surface area contributed by atoms with E-state index >= 15 is 0 Å². The number of hydrogen-bond donors (Lipinski definition) is 5. The molecule has 3 amide bonds. The molecular weight excluding hydrogens is 460 g/mol. The fraction of sp³-hybridized carbons (Fsp3) is 0.333. The number of rotatable bonds is 9. The summed E-state index contributed by atoms with van der Waals surface area (Å²) >= 11 is 0. The van der Waals surface area contributed by atoms with Crippen molar-refractivity contribution in [3.63, 3.8) is 0 Å². The van der Waals surface area contributed by atoms with Gasteiger partial charge in [-0.05, 0) is 44.5 Å². The third-order valence-electron chi connectivity index (χ3n) is 4.52. The highest BCUT2D eigenvalue weighted by molar-refractivity contribution is 5.98. The van der Waals surface area contributed by atoms with Gasteiger partial charge in [0.05, 0.1) is 0 Å². The lowest BCUT2D eigenvalue weighted by atomic mass is 9.91. The maximum absolute atomic E-state index is 13.7. The van der Waals surface area contributed by atoms with Crippen LogP contribution in [0.5, 0.6) is 0 Å². The number of hydrogen-bond acceptors (Lipinski definition) is 6. The van der Waals surface area contributed by atoms with E-state index in [1.165, 1.54) is 29.7 Å². The van der Waals surface area contributed by atoms with Crippen LogP contribution in [0.4, 0.5) is 8.78 Å². The number of nitrogens with one attached hydrogen (secondary N) is 4. The Labute approximate surface area is 203 Å². The highest BCUT2D eigenvalue weighted by atomic mass is 19.3.